The quantitative estimate of drug-likeness (QED) is 0.754. The zero-order valence-corrected chi connectivity index (χ0v) is 16.0. The number of fused-ring (bicyclic) bond motifs is 1. The molecular formula is C20H26N4O2. The molecule has 0 aliphatic heterocycles. The van der Waals surface area contributed by atoms with E-state index >= 15 is 0 Å². The Balaban J connectivity index is 2.11. The van der Waals surface area contributed by atoms with Crippen LogP contribution in [0.25, 0.3) is 11.0 Å². The number of aryl methyl sites for hydroxylation is 1. The Morgan fingerprint density at radius 3 is 2.46 bits per heavy atom. The molecule has 6 heteroatoms. The largest absolute Gasteiger partial charge is 0.394 e. The average molecular weight is 354 g/mol. The molecule has 0 aliphatic carbocycles. The van der Waals surface area contributed by atoms with E-state index in [-0.39, 0.29) is 30.0 Å². The normalized spacial score (nSPS) is 13.3. The summed E-state index contributed by atoms with van der Waals surface area (Å²) in [6, 6.07) is 8.51. The Bertz CT molecular complexity index is 978. The molecule has 0 bridgehead atoms. The van der Waals surface area contributed by atoms with Crippen molar-refractivity contribution in [2.24, 2.45) is 0 Å². The molecule has 26 heavy (non-hydrogen) atoms. The van der Waals surface area contributed by atoms with Crippen LogP contribution < -0.4 is 5.56 Å². The molecule has 1 aromatic carbocycles. The second-order valence-electron chi connectivity index (χ2n) is 7.77. The summed E-state index contributed by atoms with van der Waals surface area (Å²) in [5.74, 6) is 0.544. The van der Waals surface area contributed by atoms with Crippen LogP contribution in [0.3, 0.4) is 0 Å². The first-order valence-electron chi connectivity index (χ1n) is 8.91. The van der Waals surface area contributed by atoms with Crippen LogP contribution in [0.2, 0.25) is 0 Å². The minimum Gasteiger partial charge on any atom is -0.394 e. The van der Waals surface area contributed by atoms with Gasteiger partial charge in [-0.1, -0.05) is 52.0 Å². The topological polar surface area (TPSA) is 83.8 Å². The lowest BCUT2D eigenvalue weighted by molar-refractivity contribution is 0.271. The SMILES string of the molecule is Cc1nc2c([C@@H](C)c3ccc(C(C)(C)C)cc3)nn(CCO)c2c(=O)[nH]1. The van der Waals surface area contributed by atoms with Crippen molar-refractivity contribution in [3.8, 4) is 0 Å². The fraction of sp³-hybridized carbons (Fsp3) is 0.450. The molecule has 0 amide bonds. The highest BCUT2D eigenvalue weighted by Gasteiger charge is 2.22. The van der Waals surface area contributed by atoms with Gasteiger partial charge in [-0.2, -0.15) is 5.10 Å². The number of hydrogen-bond donors (Lipinski definition) is 2. The predicted octanol–water partition coefficient (Wildman–Crippen LogP) is 2.87. The van der Waals surface area contributed by atoms with Gasteiger partial charge in [0.25, 0.3) is 5.56 Å². The summed E-state index contributed by atoms with van der Waals surface area (Å²) in [6.07, 6.45) is 0. The number of benzene rings is 1. The van der Waals surface area contributed by atoms with Crippen molar-refractivity contribution >= 4 is 11.0 Å². The third kappa shape index (κ3) is 3.29. The van der Waals surface area contributed by atoms with Gasteiger partial charge in [0.15, 0.2) is 5.52 Å². The van der Waals surface area contributed by atoms with Crippen molar-refractivity contribution in [2.75, 3.05) is 6.61 Å². The maximum atomic E-state index is 12.4. The lowest BCUT2D eigenvalue weighted by Crippen LogP contribution is -2.15. The molecule has 1 atom stereocenters. The van der Waals surface area contributed by atoms with Gasteiger partial charge in [0.2, 0.25) is 0 Å². The Morgan fingerprint density at radius 1 is 1.23 bits per heavy atom. The zero-order chi connectivity index (χ0) is 19.1. The Labute approximate surface area is 152 Å². The molecule has 0 spiro atoms. The van der Waals surface area contributed by atoms with Gasteiger partial charge in [0, 0.05) is 5.92 Å². The van der Waals surface area contributed by atoms with Crippen molar-refractivity contribution in [3.05, 3.63) is 57.3 Å². The molecule has 138 valence electrons. The first-order chi connectivity index (χ1) is 12.2. The minimum absolute atomic E-state index is 0.0137. The van der Waals surface area contributed by atoms with Crippen molar-refractivity contribution in [1.29, 1.82) is 0 Å². The Hall–Kier alpha value is -2.47. The van der Waals surface area contributed by atoms with E-state index in [9.17, 15) is 9.90 Å². The van der Waals surface area contributed by atoms with E-state index in [0.29, 0.717) is 16.9 Å². The highest BCUT2D eigenvalue weighted by molar-refractivity contribution is 5.77. The van der Waals surface area contributed by atoms with E-state index in [4.69, 9.17) is 0 Å². The predicted molar refractivity (Wildman–Crippen MR) is 103 cm³/mol. The van der Waals surface area contributed by atoms with Gasteiger partial charge in [-0.05, 0) is 23.5 Å². The smallest absolute Gasteiger partial charge is 0.277 e. The first kappa shape index (κ1) is 18.3. The van der Waals surface area contributed by atoms with E-state index in [1.807, 2.05) is 0 Å². The molecule has 2 N–H and O–H groups in total. The van der Waals surface area contributed by atoms with Gasteiger partial charge in [-0.25, -0.2) is 4.98 Å². The summed E-state index contributed by atoms with van der Waals surface area (Å²) in [7, 11) is 0. The monoisotopic (exact) mass is 354 g/mol. The number of rotatable bonds is 4. The third-order valence-corrected chi connectivity index (χ3v) is 4.74. The summed E-state index contributed by atoms with van der Waals surface area (Å²) in [4.78, 5) is 19.6. The maximum absolute atomic E-state index is 12.4. The van der Waals surface area contributed by atoms with Crippen LogP contribution in [0, 0.1) is 6.92 Å². The number of nitrogens with zero attached hydrogens (tertiary/aromatic N) is 3. The average Bonchev–Trinajstić information content (AvgIpc) is 2.92. The molecule has 2 heterocycles. The van der Waals surface area contributed by atoms with Crippen LogP contribution in [-0.2, 0) is 12.0 Å². The standard InChI is InChI=1S/C20H26N4O2/c1-12(14-6-8-15(9-7-14)20(3,4)5)16-17-18(24(23-16)10-11-25)19(26)22-13(2)21-17/h6-9,12,25H,10-11H2,1-5H3,(H,21,22,26)/t12-/m0/s1. The van der Waals surface area contributed by atoms with Gasteiger partial charge in [0.05, 0.1) is 18.8 Å². The molecule has 3 rings (SSSR count). The molecule has 0 saturated carbocycles. The molecule has 0 aliphatic rings. The van der Waals surface area contributed by atoms with Crippen LogP contribution in [-0.4, -0.2) is 31.5 Å². The van der Waals surface area contributed by atoms with Gasteiger partial charge < -0.3 is 10.1 Å². The summed E-state index contributed by atoms with van der Waals surface area (Å²) in [5.41, 5.74) is 4.04. The number of nitrogens with one attached hydrogen (secondary N) is 1. The first-order valence-corrected chi connectivity index (χ1v) is 8.91. The maximum Gasteiger partial charge on any atom is 0.277 e. The highest BCUT2D eigenvalue weighted by Crippen LogP contribution is 2.30. The van der Waals surface area contributed by atoms with E-state index < -0.39 is 0 Å². The fourth-order valence-corrected chi connectivity index (χ4v) is 3.20. The molecule has 0 fully saturated rings. The van der Waals surface area contributed by atoms with E-state index in [1.165, 1.54) is 5.56 Å². The number of aromatic amines is 1. The number of aliphatic hydroxyl groups excluding tert-OH is 1. The summed E-state index contributed by atoms with van der Waals surface area (Å²) >= 11 is 0. The zero-order valence-electron chi connectivity index (χ0n) is 16.0. The summed E-state index contributed by atoms with van der Waals surface area (Å²) in [6.45, 7) is 10.6. The second-order valence-corrected chi connectivity index (χ2v) is 7.77. The fourth-order valence-electron chi connectivity index (χ4n) is 3.20. The van der Waals surface area contributed by atoms with Gasteiger partial charge in [0.1, 0.15) is 11.3 Å². The number of H-pyrrole nitrogens is 1. The number of hydrogen-bond acceptors (Lipinski definition) is 4. The third-order valence-electron chi connectivity index (χ3n) is 4.74. The van der Waals surface area contributed by atoms with Gasteiger partial charge >= 0.3 is 0 Å². The van der Waals surface area contributed by atoms with Crippen LogP contribution in [0.4, 0.5) is 0 Å². The van der Waals surface area contributed by atoms with Crippen LogP contribution >= 0.6 is 0 Å². The van der Waals surface area contributed by atoms with Crippen LogP contribution in [0.1, 0.15) is 56.3 Å². The molecule has 3 aromatic rings. The second kappa shape index (κ2) is 6.68. The van der Waals surface area contributed by atoms with E-state index in [0.717, 1.165) is 11.3 Å². The number of aliphatic hydroxyl groups is 1. The van der Waals surface area contributed by atoms with Crippen LogP contribution in [0.5, 0.6) is 0 Å². The Kier molecular flexibility index (Phi) is 4.71. The van der Waals surface area contributed by atoms with E-state index in [2.05, 4.69) is 67.0 Å². The summed E-state index contributed by atoms with van der Waals surface area (Å²) < 4.78 is 1.55. The number of aromatic nitrogens is 4. The van der Waals surface area contributed by atoms with Crippen molar-refractivity contribution in [2.45, 2.75) is 52.5 Å². The minimum atomic E-state index is -0.227. The Morgan fingerprint density at radius 2 is 1.88 bits per heavy atom. The molecule has 6 nitrogen and oxygen atoms in total. The highest BCUT2D eigenvalue weighted by atomic mass is 16.3. The van der Waals surface area contributed by atoms with Crippen LogP contribution in [0.15, 0.2) is 29.1 Å². The lowest BCUT2D eigenvalue weighted by atomic mass is 9.85. The summed E-state index contributed by atoms with van der Waals surface area (Å²) in [5, 5.41) is 13.9. The van der Waals surface area contributed by atoms with Crippen molar-refractivity contribution in [1.82, 2.24) is 19.7 Å². The van der Waals surface area contributed by atoms with Crippen molar-refractivity contribution < 1.29 is 5.11 Å². The van der Waals surface area contributed by atoms with E-state index in [1.54, 1.807) is 11.6 Å². The van der Waals surface area contributed by atoms with Gasteiger partial charge in [-0.3, -0.25) is 9.48 Å². The lowest BCUT2D eigenvalue weighted by Gasteiger charge is -2.20. The van der Waals surface area contributed by atoms with Gasteiger partial charge in [-0.15, -0.1) is 0 Å². The molecular weight excluding hydrogens is 328 g/mol. The molecule has 0 unspecified atom stereocenters. The molecule has 0 radical (unpaired) electrons. The van der Waals surface area contributed by atoms with Crippen molar-refractivity contribution in [3.63, 3.8) is 0 Å². The molecule has 0 saturated heterocycles. The molecule has 2 aromatic heterocycles.